The molecule has 0 rings (SSSR count). The highest BCUT2D eigenvalue weighted by Gasteiger charge is 1.99. The number of methoxy groups -OCH3 is 1. The van der Waals surface area contributed by atoms with Crippen LogP contribution < -0.4 is 0 Å². The van der Waals surface area contributed by atoms with E-state index in [-0.39, 0.29) is 0 Å². The molecule has 4 nitrogen and oxygen atoms in total. The number of hydrogen-bond acceptors (Lipinski definition) is 4. The summed E-state index contributed by atoms with van der Waals surface area (Å²) in [6.07, 6.45) is 14.6. The molecule has 0 radical (unpaired) electrons. The Bertz CT molecular complexity index is 297. The van der Waals surface area contributed by atoms with Gasteiger partial charge in [-0.05, 0) is 6.42 Å². The van der Waals surface area contributed by atoms with Crippen molar-refractivity contribution in [1.82, 2.24) is 0 Å². The molecular weight excluding hydrogens is 268 g/mol. The highest BCUT2D eigenvalue weighted by Crippen LogP contribution is 2.10. The third-order valence-electron chi connectivity index (χ3n) is 3.30. The SMILES string of the molecule is CCCCCCCCCCCCOC(=O)C=CC(=O)OC. The molecule has 0 saturated heterocycles. The Morgan fingerprint density at radius 3 is 1.76 bits per heavy atom. The zero-order valence-corrected chi connectivity index (χ0v) is 13.6. The summed E-state index contributed by atoms with van der Waals surface area (Å²) in [5.41, 5.74) is 0. The first-order chi connectivity index (χ1) is 10.2. The maximum absolute atomic E-state index is 11.2. The van der Waals surface area contributed by atoms with Crippen LogP contribution in [0.25, 0.3) is 0 Å². The van der Waals surface area contributed by atoms with Crippen molar-refractivity contribution in [3.05, 3.63) is 12.2 Å². The topological polar surface area (TPSA) is 52.6 Å². The van der Waals surface area contributed by atoms with E-state index in [0.717, 1.165) is 25.0 Å². The van der Waals surface area contributed by atoms with Gasteiger partial charge in [0.2, 0.25) is 0 Å². The second-order valence-corrected chi connectivity index (χ2v) is 5.21. The molecule has 0 fully saturated rings. The summed E-state index contributed by atoms with van der Waals surface area (Å²) >= 11 is 0. The molecule has 0 unspecified atom stereocenters. The first kappa shape index (κ1) is 19.7. The molecule has 4 heteroatoms. The van der Waals surface area contributed by atoms with Crippen molar-refractivity contribution < 1.29 is 19.1 Å². The van der Waals surface area contributed by atoms with Gasteiger partial charge in [0.15, 0.2) is 0 Å². The number of unbranched alkanes of at least 4 members (excludes halogenated alkanes) is 9. The van der Waals surface area contributed by atoms with E-state index < -0.39 is 11.9 Å². The molecule has 0 aliphatic carbocycles. The summed E-state index contributed by atoms with van der Waals surface area (Å²) in [6.45, 7) is 2.65. The fraction of sp³-hybridized carbons (Fsp3) is 0.765. The molecule has 0 N–H and O–H groups in total. The lowest BCUT2D eigenvalue weighted by molar-refractivity contribution is -0.139. The van der Waals surface area contributed by atoms with Gasteiger partial charge in [-0.3, -0.25) is 0 Å². The average Bonchev–Trinajstić information content (AvgIpc) is 2.50. The Kier molecular flexibility index (Phi) is 14.1. The van der Waals surface area contributed by atoms with E-state index in [2.05, 4.69) is 11.7 Å². The van der Waals surface area contributed by atoms with Crippen molar-refractivity contribution in [1.29, 1.82) is 0 Å². The average molecular weight is 298 g/mol. The van der Waals surface area contributed by atoms with Gasteiger partial charge in [-0.15, -0.1) is 0 Å². The van der Waals surface area contributed by atoms with Crippen LogP contribution in [0.15, 0.2) is 12.2 Å². The van der Waals surface area contributed by atoms with Crippen LogP contribution in [0.3, 0.4) is 0 Å². The molecule has 0 heterocycles. The predicted octanol–water partition coefficient (Wildman–Crippen LogP) is 4.18. The number of hydrogen-bond donors (Lipinski definition) is 0. The van der Waals surface area contributed by atoms with Crippen LogP contribution in [0.4, 0.5) is 0 Å². The van der Waals surface area contributed by atoms with Crippen LogP contribution in [0, 0.1) is 0 Å². The van der Waals surface area contributed by atoms with Crippen LogP contribution in [0.1, 0.15) is 71.1 Å². The molecule has 21 heavy (non-hydrogen) atoms. The molecule has 0 saturated carbocycles. The molecule has 0 aromatic heterocycles. The molecule has 0 atom stereocenters. The predicted molar refractivity (Wildman–Crippen MR) is 84.0 cm³/mol. The number of rotatable bonds is 13. The Morgan fingerprint density at radius 1 is 0.762 bits per heavy atom. The Balaban J connectivity index is 3.27. The lowest BCUT2D eigenvalue weighted by atomic mass is 10.1. The van der Waals surface area contributed by atoms with Gasteiger partial charge >= 0.3 is 11.9 Å². The smallest absolute Gasteiger partial charge is 0.331 e. The zero-order valence-electron chi connectivity index (χ0n) is 13.6. The molecule has 0 aromatic carbocycles. The second-order valence-electron chi connectivity index (χ2n) is 5.21. The zero-order chi connectivity index (χ0) is 15.8. The van der Waals surface area contributed by atoms with E-state index in [0.29, 0.717) is 6.61 Å². The molecule has 122 valence electrons. The Labute approximate surface area is 128 Å². The number of carbonyl (C=O) groups is 2. The molecule has 0 aliphatic rings. The maximum Gasteiger partial charge on any atom is 0.331 e. The van der Waals surface area contributed by atoms with E-state index in [4.69, 9.17) is 4.74 Å². The summed E-state index contributed by atoms with van der Waals surface area (Å²) in [6, 6.07) is 0. The van der Waals surface area contributed by atoms with Crippen LogP contribution >= 0.6 is 0 Å². The fourth-order valence-corrected chi connectivity index (χ4v) is 2.01. The lowest BCUT2D eigenvalue weighted by Gasteiger charge is -2.03. The highest BCUT2D eigenvalue weighted by molar-refractivity contribution is 5.91. The van der Waals surface area contributed by atoms with Crippen LogP contribution in [-0.2, 0) is 19.1 Å². The van der Waals surface area contributed by atoms with Gasteiger partial charge in [0, 0.05) is 12.2 Å². The normalized spacial score (nSPS) is 10.8. The minimum Gasteiger partial charge on any atom is -0.466 e. The van der Waals surface area contributed by atoms with Gasteiger partial charge in [-0.25, -0.2) is 9.59 Å². The first-order valence-corrected chi connectivity index (χ1v) is 8.13. The van der Waals surface area contributed by atoms with Crippen molar-refractivity contribution in [3.63, 3.8) is 0 Å². The minimum atomic E-state index is -0.550. The third-order valence-corrected chi connectivity index (χ3v) is 3.30. The van der Waals surface area contributed by atoms with E-state index in [1.54, 1.807) is 0 Å². The van der Waals surface area contributed by atoms with E-state index in [1.807, 2.05) is 0 Å². The van der Waals surface area contributed by atoms with Gasteiger partial charge in [0.1, 0.15) is 0 Å². The van der Waals surface area contributed by atoms with Gasteiger partial charge in [0.25, 0.3) is 0 Å². The van der Waals surface area contributed by atoms with E-state index >= 15 is 0 Å². The minimum absolute atomic E-state index is 0.418. The fourth-order valence-electron chi connectivity index (χ4n) is 2.01. The first-order valence-electron chi connectivity index (χ1n) is 8.13. The van der Waals surface area contributed by atoms with Crippen LogP contribution in [0.2, 0.25) is 0 Å². The maximum atomic E-state index is 11.2. The van der Waals surface area contributed by atoms with Crippen molar-refractivity contribution in [2.75, 3.05) is 13.7 Å². The largest absolute Gasteiger partial charge is 0.466 e. The molecule has 0 bridgehead atoms. The second kappa shape index (κ2) is 15.1. The number of ether oxygens (including phenoxy) is 2. The van der Waals surface area contributed by atoms with Gasteiger partial charge < -0.3 is 9.47 Å². The van der Waals surface area contributed by atoms with Crippen LogP contribution in [-0.4, -0.2) is 25.7 Å². The lowest BCUT2D eigenvalue weighted by Crippen LogP contribution is -2.04. The highest BCUT2D eigenvalue weighted by atomic mass is 16.5. The van der Waals surface area contributed by atoms with Crippen molar-refractivity contribution in [3.8, 4) is 0 Å². The molecular formula is C17H30O4. The quantitative estimate of drug-likeness (QED) is 0.291. The standard InChI is InChI=1S/C17H30O4/c1-3-4-5-6-7-8-9-10-11-12-15-21-17(19)14-13-16(18)20-2/h13-14H,3-12,15H2,1-2H3. The Morgan fingerprint density at radius 2 is 1.24 bits per heavy atom. The summed E-state index contributed by atoms with van der Waals surface area (Å²) in [4.78, 5) is 22.0. The Hall–Kier alpha value is -1.32. The van der Waals surface area contributed by atoms with Crippen molar-refractivity contribution >= 4 is 11.9 Å². The summed E-state index contributed by atoms with van der Waals surface area (Å²) in [7, 11) is 1.27. The van der Waals surface area contributed by atoms with Gasteiger partial charge in [0.05, 0.1) is 13.7 Å². The molecule has 0 spiro atoms. The number of esters is 2. The molecule has 0 aliphatic heterocycles. The van der Waals surface area contributed by atoms with E-state index in [9.17, 15) is 9.59 Å². The van der Waals surface area contributed by atoms with Crippen LogP contribution in [0.5, 0.6) is 0 Å². The third kappa shape index (κ3) is 14.9. The molecule has 0 aromatic rings. The van der Waals surface area contributed by atoms with Gasteiger partial charge in [-0.1, -0.05) is 64.7 Å². The van der Waals surface area contributed by atoms with Crippen molar-refractivity contribution in [2.24, 2.45) is 0 Å². The number of carbonyl (C=O) groups excluding carboxylic acids is 2. The molecule has 0 amide bonds. The monoisotopic (exact) mass is 298 g/mol. The summed E-state index contributed by atoms with van der Waals surface area (Å²) < 4.78 is 9.35. The van der Waals surface area contributed by atoms with Crippen molar-refractivity contribution in [2.45, 2.75) is 71.1 Å². The summed E-state index contributed by atoms with van der Waals surface area (Å²) in [5, 5.41) is 0. The van der Waals surface area contributed by atoms with E-state index in [1.165, 1.54) is 58.5 Å². The van der Waals surface area contributed by atoms with Gasteiger partial charge in [-0.2, -0.15) is 0 Å². The summed E-state index contributed by atoms with van der Waals surface area (Å²) in [5.74, 6) is -1.04.